The smallest absolute Gasteiger partial charge is 0.289 e. The van der Waals surface area contributed by atoms with Crippen molar-refractivity contribution in [1.29, 1.82) is 0 Å². The van der Waals surface area contributed by atoms with E-state index in [-0.39, 0.29) is 23.5 Å². The maximum absolute atomic E-state index is 13.1. The molecule has 0 spiro atoms. The molecule has 1 aromatic heterocycles. The van der Waals surface area contributed by atoms with Gasteiger partial charge in [0, 0.05) is 31.1 Å². The summed E-state index contributed by atoms with van der Waals surface area (Å²) in [4.78, 5) is 14.2. The lowest BCUT2D eigenvalue weighted by Crippen LogP contribution is -2.52. The summed E-state index contributed by atoms with van der Waals surface area (Å²) in [6.45, 7) is 4.21. The number of carbonyl (C=O) groups excluding carboxylic acids is 1. The first-order valence-corrected chi connectivity index (χ1v) is 6.36. The SMILES string of the molecule is C[C@@H]1CNCCN1C(=O)c1cc2cc(F)ccc2o1. The van der Waals surface area contributed by atoms with Gasteiger partial charge >= 0.3 is 0 Å². The van der Waals surface area contributed by atoms with Crippen molar-refractivity contribution in [3.8, 4) is 0 Å². The van der Waals surface area contributed by atoms with Crippen molar-refractivity contribution >= 4 is 16.9 Å². The third kappa shape index (κ3) is 2.21. The molecular formula is C14H15FN2O2. The molecule has 2 heterocycles. The number of nitrogens with zero attached hydrogens (tertiary/aromatic N) is 1. The van der Waals surface area contributed by atoms with Gasteiger partial charge in [-0.15, -0.1) is 0 Å². The zero-order chi connectivity index (χ0) is 13.4. The topological polar surface area (TPSA) is 45.5 Å². The summed E-state index contributed by atoms with van der Waals surface area (Å²) in [5.74, 6) is -0.192. The molecule has 1 N–H and O–H groups in total. The minimum Gasteiger partial charge on any atom is -0.451 e. The molecule has 1 aliphatic rings. The standard InChI is InChI=1S/C14H15FN2O2/c1-9-8-16-4-5-17(9)14(18)13-7-10-6-11(15)2-3-12(10)19-13/h2-3,6-7,9,16H,4-5,8H2,1H3/t9-/m1/s1. The summed E-state index contributed by atoms with van der Waals surface area (Å²) in [6.07, 6.45) is 0. The summed E-state index contributed by atoms with van der Waals surface area (Å²) in [5.41, 5.74) is 0.535. The van der Waals surface area contributed by atoms with E-state index in [2.05, 4.69) is 5.32 Å². The van der Waals surface area contributed by atoms with Gasteiger partial charge in [0.2, 0.25) is 0 Å². The molecule has 19 heavy (non-hydrogen) atoms. The average Bonchev–Trinajstić information content (AvgIpc) is 2.81. The molecule has 1 aromatic carbocycles. The van der Waals surface area contributed by atoms with Gasteiger partial charge in [0.1, 0.15) is 11.4 Å². The number of carbonyl (C=O) groups is 1. The zero-order valence-electron chi connectivity index (χ0n) is 10.6. The molecule has 2 aromatic rings. The van der Waals surface area contributed by atoms with Crippen molar-refractivity contribution in [2.45, 2.75) is 13.0 Å². The van der Waals surface area contributed by atoms with E-state index in [9.17, 15) is 9.18 Å². The fraction of sp³-hybridized carbons (Fsp3) is 0.357. The lowest BCUT2D eigenvalue weighted by molar-refractivity contribution is 0.0625. The molecule has 1 amide bonds. The molecule has 1 aliphatic heterocycles. The maximum atomic E-state index is 13.1. The van der Waals surface area contributed by atoms with E-state index in [0.717, 1.165) is 13.1 Å². The highest BCUT2D eigenvalue weighted by Crippen LogP contribution is 2.22. The molecule has 3 rings (SSSR count). The molecule has 0 bridgehead atoms. The van der Waals surface area contributed by atoms with Crippen molar-refractivity contribution in [1.82, 2.24) is 10.2 Å². The van der Waals surface area contributed by atoms with Crippen LogP contribution in [0.4, 0.5) is 4.39 Å². The third-order valence-electron chi connectivity index (χ3n) is 3.45. The highest BCUT2D eigenvalue weighted by atomic mass is 19.1. The zero-order valence-corrected chi connectivity index (χ0v) is 10.6. The van der Waals surface area contributed by atoms with E-state index < -0.39 is 0 Å². The number of benzene rings is 1. The number of halogens is 1. The van der Waals surface area contributed by atoms with Crippen LogP contribution in [0.5, 0.6) is 0 Å². The lowest BCUT2D eigenvalue weighted by Gasteiger charge is -2.33. The lowest BCUT2D eigenvalue weighted by atomic mass is 10.2. The van der Waals surface area contributed by atoms with E-state index in [1.807, 2.05) is 6.92 Å². The summed E-state index contributed by atoms with van der Waals surface area (Å²) in [7, 11) is 0. The van der Waals surface area contributed by atoms with E-state index in [4.69, 9.17) is 4.42 Å². The van der Waals surface area contributed by atoms with Gasteiger partial charge in [-0.1, -0.05) is 0 Å². The highest BCUT2D eigenvalue weighted by molar-refractivity contribution is 5.96. The predicted molar refractivity (Wildman–Crippen MR) is 69.5 cm³/mol. The fourth-order valence-corrected chi connectivity index (χ4v) is 2.40. The number of nitrogens with one attached hydrogen (secondary N) is 1. The minimum absolute atomic E-state index is 0.131. The van der Waals surface area contributed by atoms with E-state index >= 15 is 0 Å². The maximum Gasteiger partial charge on any atom is 0.289 e. The summed E-state index contributed by atoms with van der Waals surface area (Å²) in [6, 6.07) is 5.98. The second-order valence-corrected chi connectivity index (χ2v) is 4.84. The van der Waals surface area contributed by atoms with Crippen LogP contribution in [0, 0.1) is 5.82 Å². The predicted octanol–water partition coefficient (Wildman–Crippen LogP) is 2.01. The molecule has 1 atom stereocenters. The Morgan fingerprint density at radius 2 is 2.32 bits per heavy atom. The minimum atomic E-state index is -0.331. The van der Waals surface area contributed by atoms with E-state index in [1.165, 1.54) is 12.1 Å². The number of amides is 1. The van der Waals surface area contributed by atoms with Crippen LogP contribution in [-0.4, -0.2) is 36.5 Å². The van der Waals surface area contributed by atoms with Crippen LogP contribution in [-0.2, 0) is 0 Å². The molecule has 4 nitrogen and oxygen atoms in total. The fourth-order valence-electron chi connectivity index (χ4n) is 2.40. The third-order valence-corrected chi connectivity index (χ3v) is 3.45. The van der Waals surface area contributed by atoms with Crippen molar-refractivity contribution in [2.75, 3.05) is 19.6 Å². The van der Waals surface area contributed by atoms with Gasteiger partial charge in [0.05, 0.1) is 0 Å². The van der Waals surface area contributed by atoms with Crippen LogP contribution in [0.3, 0.4) is 0 Å². The Balaban J connectivity index is 1.92. The molecule has 0 radical (unpaired) electrons. The van der Waals surface area contributed by atoms with E-state index in [0.29, 0.717) is 17.5 Å². The molecule has 100 valence electrons. The Morgan fingerprint density at radius 3 is 3.11 bits per heavy atom. The van der Waals surface area contributed by atoms with E-state index in [1.54, 1.807) is 17.0 Å². The first-order valence-electron chi connectivity index (χ1n) is 6.36. The van der Waals surface area contributed by atoms with Crippen molar-refractivity contribution in [2.24, 2.45) is 0 Å². The van der Waals surface area contributed by atoms with Crippen molar-refractivity contribution < 1.29 is 13.6 Å². The Kier molecular flexibility index (Phi) is 2.98. The van der Waals surface area contributed by atoms with Crippen LogP contribution in [0.15, 0.2) is 28.7 Å². The molecule has 1 saturated heterocycles. The average molecular weight is 262 g/mol. The normalized spacial score (nSPS) is 19.9. The number of piperazine rings is 1. The van der Waals surface area contributed by atoms with Crippen LogP contribution < -0.4 is 5.32 Å². The summed E-state index contributed by atoms with van der Waals surface area (Å²) < 4.78 is 18.6. The van der Waals surface area contributed by atoms with Crippen LogP contribution >= 0.6 is 0 Å². The Bertz CT molecular complexity index is 623. The quantitative estimate of drug-likeness (QED) is 0.855. The first kappa shape index (κ1) is 12.2. The van der Waals surface area contributed by atoms with Gasteiger partial charge in [0.15, 0.2) is 5.76 Å². The number of hydrogen-bond donors (Lipinski definition) is 1. The Labute approximate surface area is 110 Å². The van der Waals surface area contributed by atoms with Gasteiger partial charge in [-0.25, -0.2) is 4.39 Å². The van der Waals surface area contributed by atoms with Gasteiger partial charge in [-0.3, -0.25) is 4.79 Å². The Hall–Kier alpha value is -1.88. The molecule has 5 heteroatoms. The van der Waals surface area contributed by atoms with Crippen molar-refractivity contribution in [3.05, 3.63) is 35.8 Å². The van der Waals surface area contributed by atoms with Gasteiger partial charge < -0.3 is 14.6 Å². The van der Waals surface area contributed by atoms with Crippen molar-refractivity contribution in [3.63, 3.8) is 0 Å². The molecule has 0 unspecified atom stereocenters. The summed E-state index contributed by atoms with van der Waals surface area (Å²) in [5, 5.41) is 3.85. The van der Waals surface area contributed by atoms with Crippen LogP contribution in [0.25, 0.3) is 11.0 Å². The molecular weight excluding hydrogens is 247 g/mol. The number of furan rings is 1. The molecule has 0 saturated carbocycles. The van der Waals surface area contributed by atoms with Crippen LogP contribution in [0.1, 0.15) is 17.5 Å². The second kappa shape index (κ2) is 4.66. The number of hydrogen-bond acceptors (Lipinski definition) is 3. The summed E-state index contributed by atoms with van der Waals surface area (Å²) >= 11 is 0. The molecule has 0 aliphatic carbocycles. The molecule has 1 fully saturated rings. The number of fused-ring (bicyclic) bond motifs is 1. The van der Waals surface area contributed by atoms with Gasteiger partial charge in [-0.05, 0) is 31.2 Å². The Morgan fingerprint density at radius 1 is 1.47 bits per heavy atom. The monoisotopic (exact) mass is 262 g/mol. The largest absolute Gasteiger partial charge is 0.451 e. The van der Waals surface area contributed by atoms with Crippen LogP contribution in [0.2, 0.25) is 0 Å². The van der Waals surface area contributed by atoms with Gasteiger partial charge in [0.25, 0.3) is 5.91 Å². The van der Waals surface area contributed by atoms with Gasteiger partial charge in [-0.2, -0.15) is 0 Å². The highest BCUT2D eigenvalue weighted by Gasteiger charge is 2.26. The second-order valence-electron chi connectivity index (χ2n) is 4.84. The first-order chi connectivity index (χ1) is 9.15. The number of rotatable bonds is 1.